The fourth-order valence-electron chi connectivity index (χ4n) is 6.94. The molecular weight excluding hydrogens is 476 g/mol. The van der Waals surface area contributed by atoms with Crippen LogP contribution < -0.4 is 0 Å². The van der Waals surface area contributed by atoms with E-state index in [4.69, 9.17) is 9.79 Å². The first-order valence-electron chi connectivity index (χ1n) is 10.5. The maximum atomic E-state index is 16.9. The maximum absolute atomic E-state index is 16.9. The summed E-state index contributed by atoms with van der Waals surface area (Å²) in [6.07, 6.45) is 3.73. The van der Waals surface area contributed by atoms with E-state index < -0.39 is 60.3 Å². The number of carbonyl (C=O) groups excluding carboxylic acids is 2. The van der Waals surface area contributed by atoms with E-state index in [1.807, 2.05) is 0 Å². The van der Waals surface area contributed by atoms with E-state index in [1.165, 1.54) is 18.2 Å². The van der Waals surface area contributed by atoms with Crippen molar-refractivity contribution in [1.29, 1.82) is 0 Å². The molecule has 3 fully saturated rings. The summed E-state index contributed by atoms with van der Waals surface area (Å²) in [7, 11) is -4.91. The second-order valence-electron chi connectivity index (χ2n) is 9.85. The zero-order valence-corrected chi connectivity index (χ0v) is 24.3. The third kappa shape index (κ3) is 4.32. The Kier molecular flexibility index (Phi) is 8.71. The third-order valence-corrected chi connectivity index (χ3v) is 9.08. The summed E-state index contributed by atoms with van der Waals surface area (Å²) < 4.78 is 32.2. The van der Waals surface area contributed by atoms with E-state index >= 15 is 4.39 Å². The monoisotopic (exact) mass is 504 g/mol. The summed E-state index contributed by atoms with van der Waals surface area (Å²) in [5.74, 6) is -2.19. The molecule has 4 aliphatic carbocycles. The second kappa shape index (κ2) is 9.58. The zero-order chi connectivity index (χ0) is 23.0. The first-order valence-corrected chi connectivity index (χ1v) is 12.0. The minimum atomic E-state index is -4.91. The molecule has 0 aromatic rings. The van der Waals surface area contributed by atoms with Crippen molar-refractivity contribution in [2.75, 3.05) is 6.61 Å². The number of ketones is 2. The number of hydrogen-bond donors (Lipinski definition) is 4. The predicted octanol–water partition coefficient (Wildman–Crippen LogP) is 1.01. The molecule has 7 atom stereocenters. The van der Waals surface area contributed by atoms with Crippen LogP contribution in [0.3, 0.4) is 0 Å². The van der Waals surface area contributed by atoms with Gasteiger partial charge in [0.15, 0.2) is 17.2 Å². The van der Waals surface area contributed by atoms with Gasteiger partial charge in [0.1, 0.15) is 12.2 Å². The van der Waals surface area contributed by atoms with Gasteiger partial charge < -0.3 is 20.0 Å². The van der Waals surface area contributed by atoms with Gasteiger partial charge >= 0.3 is 7.82 Å². The van der Waals surface area contributed by atoms with Crippen molar-refractivity contribution in [3.8, 4) is 0 Å². The first-order chi connectivity index (χ1) is 14.2. The molecule has 0 heterocycles. The fourth-order valence-corrected chi connectivity index (χ4v) is 7.22. The van der Waals surface area contributed by atoms with Crippen LogP contribution in [0.4, 0.5) is 4.39 Å². The molecule has 4 rings (SSSR count). The molecule has 0 amide bonds. The Hall–Kier alpha value is 0.780. The summed E-state index contributed by atoms with van der Waals surface area (Å²) in [5, 5.41) is 22.5. The number of alkyl halides is 1. The number of fused-ring (bicyclic) bond motifs is 5. The van der Waals surface area contributed by atoms with Crippen LogP contribution in [-0.2, 0) is 18.7 Å². The normalized spacial score (nSPS) is 43.9. The van der Waals surface area contributed by atoms with E-state index in [0.29, 0.717) is 24.8 Å². The molecule has 0 unspecified atom stereocenters. The molecule has 8 nitrogen and oxygen atoms in total. The fraction of sp³-hybridized carbons (Fsp3) is 0.714. The van der Waals surface area contributed by atoms with Gasteiger partial charge in [-0.25, -0.2) is 8.96 Å². The molecule has 0 bridgehead atoms. The van der Waals surface area contributed by atoms with Gasteiger partial charge in [-0.3, -0.25) is 14.1 Å². The number of allylic oxidation sites excluding steroid dienone is 4. The number of carbonyl (C=O) groups is 2. The van der Waals surface area contributed by atoms with Crippen LogP contribution in [-0.4, -0.2) is 115 Å². The topological polar surface area (TPSA) is 141 Å². The summed E-state index contributed by atoms with van der Waals surface area (Å²) >= 11 is 0. The van der Waals surface area contributed by atoms with Crippen LogP contribution in [0.25, 0.3) is 0 Å². The van der Waals surface area contributed by atoms with E-state index in [9.17, 15) is 24.4 Å². The van der Waals surface area contributed by atoms with Gasteiger partial charge in [-0.05, 0) is 57.1 Å². The maximum Gasteiger partial charge on any atom is 0.470 e. The van der Waals surface area contributed by atoms with Crippen LogP contribution >= 0.6 is 7.82 Å². The van der Waals surface area contributed by atoms with Gasteiger partial charge in [0.2, 0.25) is 0 Å². The molecule has 0 spiro atoms. The van der Waals surface area contributed by atoms with Crippen LogP contribution in [0.5, 0.6) is 0 Å². The molecule has 0 aromatic heterocycles. The van der Waals surface area contributed by atoms with Crippen molar-refractivity contribution in [3.05, 3.63) is 23.8 Å². The van der Waals surface area contributed by atoms with Gasteiger partial charge in [-0.15, -0.1) is 0 Å². The Labute approximate surface area is 236 Å². The minimum absolute atomic E-state index is 0. The Morgan fingerprint density at radius 3 is 2.48 bits per heavy atom. The van der Waals surface area contributed by atoms with E-state index in [0.717, 1.165) is 0 Å². The molecule has 3 saturated carbocycles. The van der Waals surface area contributed by atoms with Crippen molar-refractivity contribution in [3.63, 3.8) is 0 Å². The van der Waals surface area contributed by atoms with E-state index in [1.54, 1.807) is 13.8 Å². The average molecular weight is 504 g/mol. The number of hydrogen-bond acceptors (Lipinski definition) is 6. The minimum Gasteiger partial charge on any atom is -0.390 e. The number of phosphoric ester groups is 1. The Morgan fingerprint density at radius 1 is 1.24 bits per heavy atom. The summed E-state index contributed by atoms with van der Waals surface area (Å²) in [6, 6.07) is 0. The average Bonchev–Trinajstić information content (AvgIpc) is 2.93. The van der Waals surface area contributed by atoms with Crippen LogP contribution in [0.1, 0.15) is 46.0 Å². The van der Waals surface area contributed by atoms with Gasteiger partial charge in [0.05, 0.1) is 6.10 Å². The molecule has 0 saturated heterocycles. The quantitative estimate of drug-likeness (QED) is 0.328. The molecule has 174 valence electrons. The second-order valence-corrected chi connectivity index (χ2v) is 11.1. The number of aliphatic hydroxyl groups is 2. The Balaban J connectivity index is 0.00000193. The van der Waals surface area contributed by atoms with Crippen molar-refractivity contribution < 1.29 is 43.1 Å². The number of aliphatic hydroxyl groups excluding tert-OH is 1. The van der Waals surface area contributed by atoms with Crippen LogP contribution in [0.15, 0.2) is 23.8 Å². The zero-order valence-electron chi connectivity index (χ0n) is 19.5. The summed E-state index contributed by atoms with van der Waals surface area (Å²) in [6.45, 7) is 2.34. The number of halogens is 1. The first kappa shape index (κ1) is 30.0. The largest absolute Gasteiger partial charge is 0.470 e. The van der Waals surface area contributed by atoms with Gasteiger partial charge in [0.25, 0.3) is 0 Å². The molecular formula is C21H28FNa2O8P. The van der Waals surface area contributed by atoms with Crippen molar-refractivity contribution >= 4 is 78.5 Å². The molecule has 33 heavy (non-hydrogen) atoms. The Bertz CT molecular complexity index is 953. The van der Waals surface area contributed by atoms with Gasteiger partial charge in [-0.2, -0.15) is 0 Å². The smallest absolute Gasteiger partial charge is 0.390 e. The van der Waals surface area contributed by atoms with Crippen molar-refractivity contribution in [2.45, 2.75) is 63.3 Å². The molecule has 12 heteroatoms. The molecule has 2 radical (unpaired) electrons. The predicted molar refractivity (Wildman–Crippen MR) is 118 cm³/mol. The van der Waals surface area contributed by atoms with Crippen molar-refractivity contribution in [2.24, 2.45) is 22.7 Å². The molecule has 4 N–H and O–H groups in total. The molecule has 0 aromatic carbocycles. The van der Waals surface area contributed by atoms with E-state index in [-0.39, 0.29) is 77.7 Å². The van der Waals surface area contributed by atoms with Crippen LogP contribution in [0.2, 0.25) is 0 Å². The summed E-state index contributed by atoms with van der Waals surface area (Å²) in [5.41, 5.74) is -5.78. The standard InChI is InChI=1S/C21H28FO8P.2Na/c1-18-7-5-13(23)9-12(18)3-4-15-14-6-8-20(26,17(25)11-30-31(27,28)29)19(14,2)10-16(24)21(15,18)22;;/h5,7,9,14-16,24,26H,3-4,6,8,10-11H2,1-2H3,(H2,27,28,29);;/t14-,15-,16-,18-,19-,20-,21-;;/m0../s1. The Morgan fingerprint density at radius 2 is 1.88 bits per heavy atom. The van der Waals surface area contributed by atoms with Crippen molar-refractivity contribution in [1.82, 2.24) is 0 Å². The number of rotatable bonds is 4. The molecule has 0 aliphatic heterocycles. The number of phosphoric acid groups is 1. The summed E-state index contributed by atoms with van der Waals surface area (Å²) in [4.78, 5) is 42.5. The van der Waals surface area contributed by atoms with Crippen LogP contribution in [0, 0.1) is 22.7 Å². The number of Topliss-reactive ketones (excluding diaryl/α,β-unsaturated/α-hetero) is 1. The van der Waals surface area contributed by atoms with Gasteiger partial charge in [-0.1, -0.05) is 18.6 Å². The molecule has 4 aliphatic rings. The third-order valence-electron chi connectivity index (χ3n) is 8.62. The SMILES string of the molecule is C[C@]12C=CC(=O)C=C1CC[C@H]1[C@@H]3CC[C@](O)(C(=O)COP(=O)(O)O)[C@@]3(C)C[C@H](O)[C@@]12F.[Na].[Na]. The van der Waals surface area contributed by atoms with E-state index in [2.05, 4.69) is 4.52 Å². The van der Waals surface area contributed by atoms with Gasteiger partial charge in [0, 0.05) is 75.9 Å².